The zero-order valence-electron chi connectivity index (χ0n) is 14.3. The molecule has 3 N–H and O–H groups in total. The van der Waals surface area contributed by atoms with Crippen LogP contribution in [0.3, 0.4) is 0 Å². The van der Waals surface area contributed by atoms with Gasteiger partial charge in [0.25, 0.3) is 5.91 Å². The van der Waals surface area contributed by atoms with Crippen LogP contribution in [0.5, 0.6) is 11.5 Å². The fourth-order valence-corrected chi connectivity index (χ4v) is 3.33. The molecule has 0 fully saturated rings. The smallest absolute Gasteiger partial charge is 0.262 e. The maximum Gasteiger partial charge on any atom is 0.262 e. The molecule has 0 unspecified atom stereocenters. The van der Waals surface area contributed by atoms with Gasteiger partial charge in [0.05, 0.1) is 17.3 Å². The summed E-state index contributed by atoms with van der Waals surface area (Å²) in [6.07, 6.45) is 1.38. The third-order valence-electron chi connectivity index (χ3n) is 3.38. The molecular formula is C18H19Br2N3O3. The Hall–Kier alpha value is -2.06. The van der Waals surface area contributed by atoms with Crippen molar-refractivity contribution in [3.05, 3.63) is 50.9 Å². The highest BCUT2D eigenvalue weighted by molar-refractivity contribution is 9.11. The van der Waals surface area contributed by atoms with Crippen molar-refractivity contribution in [2.75, 3.05) is 11.9 Å². The van der Waals surface area contributed by atoms with Crippen LogP contribution in [0.2, 0.25) is 0 Å². The molecular weight excluding hydrogens is 466 g/mol. The van der Waals surface area contributed by atoms with Crippen LogP contribution in [0.1, 0.15) is 19.4 Å². The maximum absolute atomic E-state index is 12.1. The summed E-state index contributed by atoms with van der Waals surface area (Å²) in [5.41, 5.74) is 3.72. The Morgan fingerprint density at radius 1 is 1.31 bits per heavy atom. The first-order valence-corrected chi connectivity index (χ1v) is 9.49. The van der Waals surface area contributed by atoms with Gasteiger partial charge in [0, 0.05) is 15.7 Å². The minimum atomic E-state index is -0.493. The van der Waals surface area contributed by atoms with Crippen LogP contribution < -0.4 is 15.5 Å². The largest absolute Gasteiger partial charge is 0.506 e. The summed E-state index contributed by atoms with van der Waals surface area (Å²) in [5.74, 6) is 0.523. The lowest BCUT2D eigenvalue weighted by Crippen LogP contribution is -2.34. The van der Waals surface area contributed by atoms with Crippen molar-refractivity contribution in [1.82, 2.24) is 5.43 Å². The standard InChI is InChI=1S/C18H19Br2N3O3/c1-3-26-15-6-4-14(5-7-15)22-11(2)18(25)23-21-10-12-8-13(19)9-16(20)17(12)24/h4-11,22,24H,3H2,1-2H3,(H,23,25)/b21-10-/t11-/m0/s1. The summed E-state index contributed by atoms with van der Waals surface area (Å²) in [6.45, 7) is 4.26. The Morgan fingerprint density at radius 2 is 2.00 bits per heavy atom. The van der Waals surface area contributed by atoms with Crippen LogP contribution >= 0.6 is 31.9 Å². The summed E-state index contributed by atoms with van der Waals surface area (Å²) in [7, 11) is 0. The van der Waals surface area contributed by atoms with Gasteiger partial charge in [-0.05, 0) is 66.2 Å². The Balaban J connectivity index is 1.92. The number of nitrogens with zero attached hydrogens (tertiary/aromatic N) is 1. The fourth-order valence-electron chi connectivity index (χ4n) is 2.08. The molecule has 0 aliphatic heterocycles. The average Bonchev–Trinajstić information content (AvgIpc) is 2.60. The van der Waals surface area contributed by atoms with Gasteiger partial charge < -0.3 is 15.2 Å². The number of halogens is 2. The maximum atomic E-state index is 12.1. The Bertz CT molecular complexity index is 795. The Morgan fingerprint density at radius 3 is 2.65 bits per heavy atom. The van der Waals surface area contributed by atoms with Gasteiger partial charge >= 0.3 is 0 Å². The number of hydrogen-bond donors (Lipinski definition) is 3. The molecule has 8 heteroatoms. The van der Waals surface area contributed by atoms with E-state index in [0.717, 1.165) is 15.9 Å². The molecule has 0 aliphatic rings. The zero-order valence-corrected chi connectivity index (χ0v) is 17.5. The number of rotatable bonds is 7. The molecule has 1 amide bonds. The van der Waals surface area contributed by atoms with Crippen LogP contribution in [-0.4, -0.2) is 29.9 Å². The highest BCUT2D eigenvalue weighted by Gasteiger charge is 2.12. The second-order valence-corrected chi connectivity index (χ2v) is 7.15. The number of carbonyl (C=O) groups excluding carboxylic acids is 1. The summed E-state index contributed by atoms with van der Waals surface area (Å²) in [4.78, 5) is 12.1. The van der Waals surface area contributed by atoms with Crippen LogP contribution in [0.4, 0.5) is 5.69 Å². The second kappa shape index (κ2) is 9.59. The summed E-state index contributed by atoms with van der Waals surface area (Å²) in [6, 6.07) is 10.3. The molecule has 0 heterocycles. The van der Waals surface area contributed by atoms with Crippen LogP contribution in [0.25, 0.3) is 0 Å². The van der Waals surface area contributed by atoms with Crippen molar-refractivity contribution >= 4 is 49.7 Å². The molecule has 138 valence electrons. The van der Waals surface area contributed by atoms with Crippen LogP contribution in [-0.2, 0) is 4.79 Å². The fraction of sp³-hybridized carbons (Fsp3) is 0.222. The predicted molar refractivity (Wildman–Crippen MR) is 110 cm³/mol. The lowest BCUT2D eigenvalue weighted by molar-refractivity contribution is -0.121. The molecule has 0 bridgehead atoms. The number of carbonyl (C=O) groups is 1. The summed E-state index contributed by atoms with van der Waals surface area (Å²) >= 11 is 6.58. The van der Waals surface area contributed by atoms with E-state index in [1.54, 1.807) is 19.1 Å². The van der Waals surface area contributed by atoms with Crippen molar-refractivity contribution in [2.24, 2.45) is 5.10 Å². The minimum Gasteiger partial charge on any atom is -0.506 e. The van der Waals surface area contributed by atoms with Gasteiger partial charge in [0.15, 0.2) is 0 Å². The van der Waals surface area contributed by atoms with Crippen molar-refractivity contribution in [3.63, 3.8) is 0 Å². The molecule has 1 atom stereocenters. The Labute approximate surface area is 168 Å². The summed E-state index contributed by atoms with van der Waals surface area (Å²) < 4.78 is 6.69. The first-order chi connectivity index (χ1) is 12.4. The topological polar surface area (TPSA) is 83.0 Å². The Kier molecular flexibility index (Phi) is 7.47. The first-order valence-electron chi connectivity index (χ1n) is 7.91. The van der Waals surface area contributed by atoms with E-state index in [1.807, 2.05) is 31.2 Å². The molecule has 0 spiro atoms. The van der Waals surface area contributed by atoms with Gasteiger partial charge in [-0.15, -0.1) is 0 Å². The SMILES string of the molecule is CCOc1ccc(N[C@@H](C)C(=O)N/N=C\c2cc(Br)cc(Br)c2O)cc1. The number of nitrogens with one attached hydrogen (secondary N) is 2. The first kappa shape index (κ1) is 20.3. The number of aromatic hydroxyl groups is 1. The number of hydrazone groups is 1. The van der Waals surface area contributed by atoms with Gasteiger partial charge in [-0.25, -0.2) is 5.43 Å². The normalized spacial score (nSPS) is 12.0. The molecule has 2 rings (SSSR count). The van der Waals surface area contributed by atoms with Crippen LogP contribution in [0.15, 0.2) is 50.4 Å². The molecule has 2 aromatic rings. The van der Waals surface area contributed by atoms with E-state index >= 15 is 0 Å². The van der Waals surface area contributed by atoms with Gasteiger partial charge in [-0.1, -0.05) is 15.9 Å². The number of phenolic OH excluding ortho intramolecular Hbond substituents is 1. The molecule has 0 aliphatic carbocycles. The van der Waals surface area contributed by atoms with Crippen molar-refractivity contribution < 1.29 is 14.6 Å². The molecule has 0 saturated heterocycles. The number of ether oxygens (including phenoxy) is 1. The second-order valence-electron chi connectivity index (χ2n) is 5.38. The number of anilines is 1. The lowest BCUT2D eigenvalue weighted by Gasteiger charge is -2.14. The third-order valence-corrected chi connectivity index (χ3v) is 4.44. The molecule has 2 aromatic carbocycles. The van der Waals surface area contributed by atoms with E-state index in [9.17, 15) is 9.90 Å². The van der Waals surface area contributed by atoms with Crippen molar-refractivity contribution in [2.45, 2.75) is 19.9 Å². The van der Waals surface area contributed by atoms with Gasteiger partial charge in [0.2, 0.25) is 0 Å². The van der Waals surface area contributed by atoms with E-state index in [1.165, 1.54) is 6.21 Å². The quantitative estimate of drug-likeness (QED) is 0.405. The van der Waals surface area contributed by atoms with E-state index in [-0.39, 0.29) is 11.7 Å². The molecule has 0 radical (unpaired) electrons. The van der Waals surface area contributed by atoms with Crippen molar-refractivity contribution in [1.29, 1.82) is 0 Å². The highest BCUT2D eigenvalue weighted by atomic mass is 79.9. The van der Waals surface area contributed by atoms with Gasteiger partial charge in [0.1, 0.15) is 17.5 Å². The van der Waals surface area contributed by atoms with Gasteiger partial charge in [-0.3, -0.25) is 4.79 Å². The molecule has 26 heavy (non-hydrogen) atoms. The zero-order chi connectivity index (χ0) is 19.1. The van der Waals surface area contributed by atoms with Crippen LogP contribution in [0, 0.1) is 0 Å². The molecule has 6 nitrogen and oxygen atoms in total. The van der Waals surface area contributed by atoms with E-state index in [4.69, 9.17) is 4.74 Å². The minimum absolute atomic E-state index is 0.0479. The van der Waals surface area contributed by atoms with E-state index in [0.29, 0.717) is 16.6 Å². The van der Waals surface area contributed by atoms with E-state index < -0.39 is 6.04 Å². The lowest BCUT2D eigenvalue weighted by atomic mass is 10.2. The monoisotopic (exact) mass is 483 g/mol. The summed E-state index contributed by atoms with van der Waals surface area (Å²) in [5, 5.41) is 16.9. The third kappa shape index (κ3) is 5.74. The predicted octanol–water partition coefficient (Wildman–Crippen LogP) is 4.27. The number of hydrogen-bond acceptors (Lipinski definition) is 5. The van der Waals surface area contributed by atoms with Gasteiger partial charge in [-0.2, -0.15) is 5.10 Å². The number of amides is 1. The number of benzene rings is 2. The highest BCUT2D eigenvalue weighted by Crippen LogP contribution is 2.30. The van der Waals surface area contributed by atoms with Crippen molar-refractivity contribution in [3.8, 4) is 11.5 Å². The molecule has 0 aromatic heterocycles. The molecule has 0 saturated carbocycles. The average molecular weight is 485 g/mol. The van der Waals surface area contributed by atoms with E-state index in [2.05, 4.69) is 47.7 Å². The number of phenols is 1.